The molecule has 138 valence electrons. The van der Waals surface area contributed by atoms with Gasteiger partial charge in [-0.15, -0.1) is 0 Å². The van der Waals surface area contributed by atoms with E-state index in [-0.39, 0.29) is 49.8 Å². The Bertz CT molecular complexity index is 499. The van der Waals surface area contributed by atoms with E-state index in [1.54, 1.807) is 0 Å². The van der Waals surface area contributed by atoms with E-state index in [0.717, 1.165) is 0 Å². The maximum absolute atomic E-state index is 11.8. The van der Waals surface area contributed by atoms with Crippen molar-refractivity contribution in [3.8, 4) is 0 Å². The number of hydrogen-bond donors (Lipinski definition) is 2. The SMILES string of the molecule is O=S(=O)(CCCOCC1CO1)O[SH](=O)(O)CCCOCC1CO1. The Labute approximate surface area is 137 Å². The van der Waals surface area contributed by atoms with Crippen LogP contribution in [-0.2, 0) is 43.2 Å². The van der Waals surface area contributed by atoms with E-state index in [2.05, 4.69) is 3.63 Å². The zero-order chi connectivity index (χ0) is 16.8. The molecule has 2 aliphatic rings. The van der Waals surface area contributed by atoms with E-state index in [0.29, 0.717) is 26.4 Å². The highest BCUT2D eigenvalue weighted by atomic mass is 32.3. The summed E-state index contributed by atoms with van der Waals surface area (Å²) < 4.78 is 69.4. The van der Waals surface area contributed by atoms with Crippen molar-refractivity contribution in [2.45, 2.75) is 25.0 Å². The Morgan fingerprint density at radius 3 is 2.09 bits per heavy atom. The summed E-state index contributed by atoms with van der Waals surface area (Å²) in [4.78, 5) is 0. The molecule has 0 aromatic rings. The van der Waals surface area contributed by atoms with Gasteiger partial charge in [-0.25, -0.2) is 4.21 Å². The Hall–Kier alpha value is -0.140. The second kappa shape index (κ2) is 8.81. The predicted molar refractivity (Wildman–Crippen MR) is 82.3 cm³/mol. The van der Waals surface area contributed by atoms with Gasteiger partial charge in [-0.2, -0.15) is 12.0 Å². The van der Waals surface area contributed by atoms with Crippen molar-refractivity contribution < 1.29 is 39.8 Å². The molecule has 2 aliphatic heterocycles. The van der Waals surface area contributed by atoms with Crippen LogP contribution < -0.4 is 0 Å². The van der Waals surface area contributed by atoms with Crippen molar-refractivity contribution in [1.82, 2.24) is 0 Å². The fourth-order valence-electron chi connectivity index (χ4n) is 1.71. The van der Waals surface area contributed by atoms with Gasteiger partial charge in [0.15, 0.2) is 0 Å². The minimum Gasteiger partial charge on any atom is -0.379 e. The minimum atomic E-state index is -4.18. The number of rotatable bonds is 14. The average molecular weight is 376 g/mol. The Balaban J connectivity index is 1.53. The van der Waals surface area contributed by atoms with E-state index in [4.69, 9.17) is 18.9 Å². The molecule has 2 fully saturated rings. The van der Waals surface area contributed by atoms with Crippen LogP contribution in [-0.4, -0.2) is 80.5 Å². The van der Waals surface area contributed by atoms with Crippen LogP contribution in [0.2, 0.25) is 0 Å². The lowest BCUT2D eigenvalue weighted by Gasteiger charge is -2.17. The van der Waals surface area contributed by atoms with E-state index in [1.165, 1.54) is 0 Å². The molecule has 11 heteroatoms. The monoisotopic (exact) mass is 376 g/mol. The van der Waals surface area contributed by atoms with Crippen molar-refractivity contribution in [3.05, 3.63) is 0 Å². The summed E-state index contributed by atoms with van der Waals surface area (Å²) in [6, 6.07) is 0. The summed E-state index contributed by atoms with van der Waals surface area (Å²) in [5.41, 5.74) is 0. The van der Waals surface area contributed by atoms with Crippen LogP contribution in [0, 0.1) is 0 Å². The number of thiol groups is 1. The van der Waals surface area contributed by atoms with Crippen LogP contribution in [0.1, 0.15) is 12.8 Å². The minimum absolute atomic E-state index is 0.120. The number of epoxide rings is 2. The summed E-state index contributed by atoms with van der Waals surface area (Å²) in [6.07, 6.45) is 0.676. The maximum Gasteiger partial charge on any atom is 0.280 e. The van der Waals surface area contributed by atoms with Gasteiger partial charge < -0.3 is 23.5 Å². The van der Waals surface area contributed by atoms with E-state index in [1.807, 2.05) is 0 Å². The molecular formula is C12H24O9S2. The third kappa shape index (κ3) is 9.67. The lowest BCUT2D eigenvalue weighted by atomic mass is 10.5. The molecule has 0 radical (unpaired) electrons. The quantitative estimate of drug-likeness (QED) is 0.231. The average Bonchev–Trinajstić information content (AvgIpc) is 3.31. The highest BCUT2D eigenvalue weighted by Gasteiger charge is 2.24. The molecule has 2 saturated heterocycles. The molecule has 2 rings (SSSR count). The van der Waals surface area contributed by atoms with Crippen LogP contribution in [0.3, 0.4) is 0 Å². The van der Waals surface area contributed by atoms with Crippen molar-refractivity contribution in [2.75, 3.05) is 51.1 Å². The van der Waals surface area contributed by atoms with Gasteiger partial charge >= 0.3 is 0 Å². The summed E-state index contributed by atoms with van der Waals surface area (Å²) >= 11 is 0. The van der Waals surface area contributed by atoms with Crippen molar-refractivity contribution in [3.63, 3.8) is 0 Å². The van der Waals surface area contributed by atoms with Crippen LogP contribution in [0.5, 0.6) is 0 Å². The fourth-order valence-corrected chi connectivity index (χ4v) is 4.73. The molecule has 0 spiro atoms. The van der Waals surface area contributed by atoms with Crippen molar-refractivity contribution in [1.29, 1.82) is 0 Å². The smallest absolute Gasteiger partial charge is 0.280 e. The fraction of sp³-hybridized carbons (Fsp3) is 1.00. The topological polar surface area (TPSA) is 124 Å². The number of ether oxygens (including phenoxy) is 4. The van der Waals surface area contributed by atoms with Gasteiger partial charge in [0.1, 0.15) is 12.2 Å². The van der Waals surface area contributed by atoms with Gasteiger partial charge in [0.05, 0.1) is 42.7 Å². The van der Waals surface area contributed by atoms with Gasteiger partial charge in [0.25, 0.3) is 10.1 Å². The first kappa shape index (κ1) is 19.2. The Morgan fingerprint density at radius 2 is 1.57 bits per heavy atom. The molecule has 0 amide bonds. The first-order chi connectivity index (χ1) is 10.9. The van der Waals surface area contributed by atoms with Gasteiger partial charge in [0, 0.05) is 19.0 Å². The van der Waals surface area contributed by atoms with E-state index >= 15 is 0 Å². The van der Waals surface area contributed by atoms with Gasteiger partial charge in [-0.05, 0) is 12.8 Å². The van der Waals surface area contributed by atoms with Crippen LogP contribution in [0.15, 0.2) is 0 Å². The van der Waals surface area contributed by atoms with Crippen LogP contribution in [0.25, 0.3) is 0 Å². The van der Waals surface area contributed by atoms with Crippen LogP contribution >= 0.6 is 0 Å². The third-order valence-corrected chi connectivity index (χ3v) is 6.56. The van der Waals surface area contributed by atoms with Crippen molar-refractivity contribution in [2.24, 2.45) is 0 Å². The molecular weight excluding hydrogens is 352 g/mol. The summed E-state index contributed by atoms with van der Waals surface area (Å²) in [7, 11) is -8.24. The van der Waals surface area contributed by atoms with Crippen LogP contribution in [0.4, 0.5) is 0 Å². The lowest BCUT2D eigenvalue weighted by molar-refractivity contribution is 0.117. The van der Waals surface area contributed by atoms with Gasteiger partial charge in [0.2, 0.25) is 0 Å². The number of hydrogen-bond acceptors (Lipinski definition) is 8. The zero-order valence-electron chi connectivity index (χ0n) is 12.8. The molecule has 1 N–H and O–H groups in total. The molecule has 0 aromatic carbocycles. The maximum atomic E-state index is 11.8. The molecule has 2 heterocycles. The standard InChI is InChI=1S/C12H24O9S2/c13-22(14,5-1-3-17-7-11-9-19-11)21-23(15,16)6-2-4-18-8-12-10-20-12/h11-12,22H,1-10H2,(H,13,14). The normalized spacial score (nSPS) is 24.6. The third-order valence-electron chi connectivity index (χ3n) is 3.05. The highest BCUT2D eigenvalue weighted by Crippen LogP contribution is 2.13. The molecule has 23 heavy (non-hydrogen) atoms. The molecule has 0 saturated carbocycles. The highest BCUT2D eigenvalue weighted by molar-refractivity contribution is 8.03. The summed E-state index contributed by atoms with van der Waals surface area (Å²) in [5, 5.41) is 0. The predicted octanol–water partition coefficient (Wildman–Crippen LogP) is -0.651. The van der Waals surface area contributed by atoms with Gasteiger partial charge in [-0.3, -0.25) is 0 Å². The second-order valence-electron chi connectivity index (χ2n) is 5.47. The molecule has 2 atom stereocenters. The summed E-state index contributed by atoms with van der Waals surface area (Å²) in [5.74, 6) is -0.633. The van der Waals surface area contributed by atoms with E-state index in [9.17, 15) is 17.2 Å². The Kier molecular flexibility index (Phi) is 7.35. The van der Waals surface area contributed by atoms with E-state index < -0.39 is 20.6 Å². The van der Waals surface area contributed by atoms with Gasteiger partial charge in [-0.1, -0.05) is 0 Å². The second-order valence-corrected chi connectivity index (χ2v) is 9.31. The van der Waals surface area contributed by atoms with Crippen molar-refractivity contribution >= 4 is 20.6 Å². The largest absolute Gasteiger partial charge is 0.379 e. The lowest BCUT2D eigenvalue weighted by Crippen LogP contribution is -2.26. The first-order valence-electron chi connectivity index (χ1n) is 7.51. The molecule has 0 bridgehead atoms. The first-order valence-corrected chi connectivity index (χ1v) is 10.8. The summed E-state index contributed by atoms with van der Waals surface area (Å²) in [6.45, 7) is 2.72. The Morgan fingerprint density at radius 1 is 1.04 bits per heavy atom. The molecule has 0 aromatic heterocycles. The zero-order valence-corrected chi connectivity index (χ0v) is 14.5. The molecule has 9 nitrogen and oxygen atoms in total. The molecule has 2 unspecified atom stereocenters. The molecule has 0 aliphatic carbocycles.